The third-order valence-corrected chi connectivity index (χ3v) is 22.6. The molecule has 3 atom stereocenters. The molecule has 0 radical (unpaired) electrons. The Morgan fingerprint density at radius 2 is 0.845 bits per heavy atom. The van der Waals surface area contributed by atoms with E-state index in [4.69, 9.17) is 47.0 Å². The maximum Gasteiger partial charge on any atom is 1.00 e. The van der Waals surface area contributed by atoms with E-state index in [1.807, 2.05) is 82.2 Å². The van der Waals surface area contributed by atoms with Crippen LogP contribution in [0.25, 0.3) is 0 Å². The van der Waals surface area contributed by atoms with Crippen LogP contribution in [0.5, 0.6) is 23.0 Å². The molecule has 0 amide bonds. The Hall–Kier alpha value is -5.96. The van der Waals surface area contributed by atoms with Crippen molar-refractivity contribution in [1.29, 1.82) is 0 Å². The first kappa shape index (κ1) is 112. The summed E-state index contributed by atoms with van der Waals surface area (Å²) < 4.78 is 78.0. The second-order valence-electron chi connectivity index (χ2n) is 23.5. The molecule has 32 nitrogen and oxygen atoms in total. The molecule has 3 aliphatic rings. The summed E-state index contributed by atoms with van der Waals surface area (Å²) in [5, 5.41) is 67.3. The number of halogens is 4. The zero-order chi connectivity index (χ0) is 86.4. The molecule has 3 unspecified atom stereocenters. The van der Waals surface area contributed by atoms with Gasteiger partial charge in [0.25, 0.3) is 22.2 Å². The van der Waals surface area contributed by atoms with Crippen molar-refractivity contribution in [2.24, 2.45) is 53.2 Å². The van der Waals surface area contributed by atoms with Gasteiger partial charge in [0.05, 0.1) is 64.7 Å². The van der Waals surface area contributed by atoms with Gasteiger partial charge in [-0.3, -0.25) is 32.9 Å². The van der Waals surface area contributed by atoms with E-state index in [0.29, 0.717) is 64.2 Å². The van der Waals surface area contributed by atoms with E-state index in [0.717, 1.165) is 18.7 Å². The summed E-state index contributed by atoms with van der Waals surface area (Å²) in [6, 6.07) is 27.5. The van der Waals surface area contributed by atoms with Gasteiger partial charge in [0.2, 0.25) is 12.6 Å². The molecule has 0 spiro atoms. The van der Waals surface area contributed by atoms with Crippen molar-refractivity contribution < 1.29 is 111 Å². The zero-order valence-electron chi connectivity index (χ0n) is 70.8. The van der Waals surface area contributed by atoms with E-state index >= 15 is 0 Å². The first-order chi connectivity index (χ1) is 53.2. The Morgan fingerprint density at radius 3 is 1.22 bits per heavy atom. The summed E-state index contributed by atoms with van der Waals surface area (Å²) in [6.45, 7) is 38.3. The number of hydrogen-bond acceptors (Lipinski definition) is 23. The normalized spacial score (nSPS) is 15.6. The standard InChI is InChI=1S/C19H27N4O5P.C15H17N4O4P.C14H15N4O3P.C13H13N4O4P.C3H9BrSi.4C2H6.CH2Cl2.CH4.HI.K.H2.H/c1-6-26-29(27-7-2,28-8-3)15-12-10-9-11-14(15)21-18(20)16-17(24)13(4)22-23(5)19(16)25;1-4-23-24(22)11-8-6-5-7-10(11)16-14(18-24)12-13(20)9(2)17-19(3)15(12)21;1-8-12(19)11(14(20)18(2)16-8)13-15-9-6-4-5-7-10(9)22(3,21)17-13;1-7-11(18)10(13(19)17(2)15-7)12-14-8-5-3-4-6-9(8)22(20,21)16-12;1-5(2,3)4;4*1-2;2-1-3;;;;;/h9-12H,6-8H2,1-5H3,(H2-,20,21,24,25);5-8,20H,4H2,1-3H3,(H,16,18,22);4-7,19H,1-3H3,(H,15,17,21);3-6,18H,1-2H3,(H2,14,16,20,21);1-3H3;4*1-2H3;1H2;1H4;1H;;1H;/q;;;;;;;;;;;;+1;;-1/p+1. The third kappa shape index (κ3) is 29.4. The van der Waals surface area contributed by atoms with Crippen LogP contribution in [-0.4, -0.2) is 133 Å². The number of aromatic hydroxyl groups is 4. The average Bonchev–Trinajstić information content (AvgIpc) is 0.769. The van der Waals surface area contributed by atoms with Crippen molar-refractivity contribution >= 4 is 167 Å². The molecule has 0 aliphatic carbocycles. The van der Waals surface area contributed by atoms with E-state index in [1.165, 1.54) is 47.8 Å². The summed E-state index contributed by atoms with van der Waals surface area (Å²) in [4.78, 5) is 63.9. The number of aromatic nitrogens is 8. The number of hydrogen-bond donors (Lipinski definition) is 9. The van der Waals surface area contributed by atoms with Gasteiger partial charge in [-0.15, -0.1) is 62.5 Å². The first-order valence-corrected chi connectivity index (χ1v) is 49.6. The summed E-state index contributed by atoms with van der Waals surface area (Å²) in [5.74, 6) is -1.39. The smallest absolute Gasteiger partial charge is 1.00 e. The van der Waals surface area contributed by atoms with Crippen LogP contribution in [0.4, 0.5) is 22.7 Å². The fraction of sp³-hybridized carbons (Fsp3) is 0.405. The second kappa shape index (κ2) is 52.3. The van der Waals surface area contributed by atoms with E-state index < -0.39 is 59.2 Å². The number of nitrogens with zero attached hydrogens (tertiary/aromatic N) is 12. The fourth-order valence-corrected chi connectivity index (χ4v) is 17.0. The summed E-state index contributed by atoms with van der Waals surface area (Å²) in [7, 11) is -7.63. The van der Waals surface area contributed by atoms with Gasteiger partial charge in [0.15, 0.2) is 34.7 Å². The second-order valence-corrected chi connectivity index (χ2v) is 44.0. The van der Waals surface area contributed by atoms with Crippen LogP contribution < -0.4 is 117 Å². The Bertz CT molecular complexity index is 4970. The van der Waals surface area contributed by atoms with Gasteiger partial charge >= 0.3 is 74.4 Å². The SMILES string of the molecule is C.CC.CC.CC.CC.CCOP1(=O)N=C(c2c(O)c(C)nn(C)c2=O)Nc2ccccc21.CCO[P+](OCC)(OCC)c1ccccc1N=C(N)c1c(O)c(C)nn(C)c1=O.C[Si](C)(C)Br.Cc1nn(C)c(=O)c(C2=NP(=O)(O)c3ccccc3N2)c1O.Cc1nn(C)c(=O)c(C2=NP(C)(=O)c3ccccc3N2)c1O.ClCCl.I.[H-].[HH].[K+]. The van der Waals surface area contributed by atoms with Crippen molar-refractivity contribution in [1.82, 2.24) is 39.1 Å². The van der Waals surface area contributed by atoms with Crippen molar-refractivity contribution in [3.8, 4) is 23.0 Å². The molecule has 4 aromatic carbocycles. The zero-order valence-corrected chi connectivity index (χ0v) is 82.9. The minimum Gasteiger partial charge on any atom is -1.00 e. The van der Waals surface area contributed by atoms with Crippen LogP contribution in [0.3, 0.4) is 0 Å². The van der Waals surface area contributed by atoms with Gasteiger partial charge in [-0.25, -0.2) is 28.5 Å². The van der Waals surface area contributed by atoms with Gasteiger partial charge < -0.3 is 53.0 Å². The maximum atomic E-state index is 13.2. The molecule has 640 valence electrons. The van der Waals surface area contributed by atoms with Gasteiger partial charge in [-0.2, -0.15) is 43.5 Å². The van der Waals surface area contributed by atoms with Crippen LogP contribution >= 0.6 is 92.7 Å². The molecule has 0 saturated heterocycles. The van der Waals surface area contributed by atoms with Crippen LogP contribution in [0.15, 0.2) is 136 Å². The molecular formula is C74H116BrCl2IKN16O16P4Si+. The number of anilines is 3. The van der Waals surface area contributed by atoms with E-state index in [9.17, 15) is 58.2 Å². The molecule has 7 heterocycles. The van der Waals surface area contributed by atoms with Crippen LogP contribution in [0.1, 0.15) is 138 Å². The largest absolute Gasteiger partial charge is 1.00 e. The number of aryl methyl sites for hydroxylation is 8. The van der Waals surface area contributed by atoms with Crippen LogP contribution in [-0.2, 0) is 60.0 Å². The van der Waals surface area contributed by atoms with Gasteiger partial charge in [-0.1, -0.05) is 131 Å². The third-order valence-electron chi connectivity index (χ3n) is 14.4. The number of benzene rings is 4. The Balaban J connectivity index is -0.000000685. The number of nitrogens with one attached hydrogen (secondary N) is 3. The van der Waals surface area contributed by atoms with E-state index in [1.54, 1.807) is 113 Å². The minimum atomic E-state index is -4.02. The number of alkyl halides is 2. The summed E-state index contributed by atoms with van der Waals surface area (Å²) in [5.41, 5.74) is 6.52. The maximum absolute atomic E-state index is 13.2. The molecule has 10 N–H and O–H groups in total. The monoisotopic (exact) mass is 1950 g/mol. The molecule has 42 heteroatoms. The Labute approximate surface area is 761 Å². The van der Waals surface area contributed by atoms with Crippen molar-refractivity contribution in [2.75, 3.05) is 54.4 Å². The van der Waals surface area contributed by atoms with Crippen molar-refractivity contribution in [3.05, 3.63) is 184 Å². The van der Waals surface area contributed by atoms with Gasteiger partial charge in [0, 0.05) is 36.3 Å². The molecule has 0 fully saturated rings. The summed E-state index contributed by atoms with van der Waals surface area (Å²) in [6.07, 6.45) is 0. The predicted molar refractivity (Wildman–Crippen MR) is 493 cm³/mol. The molecule has 3 aliphatic heterocycles. The van der Waals surface area contributed by atoms with Crippen LogP contribution in [0, 0.1) is 27.7 Å². The van der Waals surface area contributed by atoms with Crippen LogP contribution in [0.2, 0.25) is 19.6 Å². The van der Waals surface area contributed by atoms with Crippen molar-refractivity contribution in [3.63, 3.8) is 0 Å². The molecule has 116 heavy (non-hydrogen) atoms. The molecule has 8 aromatic rings. The molecule has 4 aromatic heterocycles. The van der Waals surface area contributed by atoms with E-state index in [-0.39, 0.29) is 189 Å². The minimum absolute atomic E-state index is 0. The molecule has 0 bridgehead atoms. The summed E-state index contributed by atoms with van der Waals surface area (Å²) >= 11 is 13.0. The molecule has 11 rings (SSSR count). The fourth-order valence-electron chi connectivity index (χ4n) is 10.0. The van der Waals surface area contributed by atoms with E-state index in [2.05, 4.69) is 90.6 Å². The first-order valence-electron chi connectivity index (χ1n) is 35.9. The molecular weight excluding hydrogens is 1840 g/mol. The number of rotatable bonds is 14. The van der Waals surface area contributed by atoms with Gasteiger partial charge in [0.1, 0.15) is 69.1 Å². The van der Waals surface area contributed by atoms with Crippen molar-refractivity contribution in [2.45, 2.75) is 138 Å². The number of para-hydroxylation sites is 4. The molecule has 0 saturated carbocycles. The number of amidine groups is 4. The Kier molecular flexibility index (Phi) is 50.5. The number of fused-ring (bicyclic) bond motifs is 3. The predicted octanol–water partition coefficient (Wildman–Crippen LogP) is 11.9. The quantitative estimate of drug-likeness (QED) is 0.00928. The number of aliphatic imine (C=N–C) groups is 1. The number of nitrogens with two attached hydrogens (primary N) is 1. The average molecular weight is 1950 g/mol. The Morgan fingerprint density at radius 1 is 0.543 bits per heavy atom. The van der Waals surface area contributed by atoms with Gasteiger partial charge in [-0.05, 0) is 104 Å². The topological polar surface area (TPSA) is 440 Å².